The molecule has 0 amide bonds. The lowest BCUT2D eigenvalue weighted by Crippen LogP contribution is -2.12. The Bertz CT molecular complexity index is 795. The molecule has 0 saturated heterocycles. The Kier molecular flexibility index (Phi) is 7.05. The highest BCUT2D eigenvalue weighted by Crippen LogP contribution is 2.34. The summed E-state index contributed by atoms with van der Waals surface area (Å²) < 4.78 is 23.3. The first-order valence-corrected chi connectivity index (χ1v) is 8.30. The molecule has 0 spiro atoms. The maximum atomic E-state index is 13.4. The van der Waals surface area contributed by atoms with Crippen molar-refractivity contribution in [1.29, 1.82) is 0 Å². The summed E-state index contributed by atoms with van der Waals surface area (Å²) in [5.41, 5.74) is 0. The number of rotatable bonds is 6. The molecule has 2 rings (SSSR count). The van der Waals surface area contributed by atoms with E-state index in [1.807, 2.05) is 0 Å². The summed E-state index contributed by atoms with van der Waals surface area (Å²) in [4.78, 5) is 23.4. The van der Waals surface area contributed by atoms with Crippen molar-refractivity contribution in [2.24, 2.45) is 0 Å². The van der Waals surface area contributed by atoms with Gasteiger partial charge in [0.05, 0.1) is 15.1 Å². The van der Waals surface area contributed by atoms with E-state index in [2.05, 4.69) is 0 Å². The summed E-state index contributed by atoms with van der Waals surface area (Å²) in [7, 11) is 0. The maximum Gasteiger partial charge on any atom is 0.311 e. The fourth-order valence-corrected chi connectivity index (χ4v) is 2.41. The lowest BCUT2D eigenvalue weighted by molar-refractivity contribution is -0.136. The van der Waals surface area contributed by atoms with Crippen LogP contribution in [0.5, 0.6) is 11.5 Å². The highest BCUT2D eigenvalue weighted by Gasteiger charge is 2.13. The number of halogens is 4. The van der Waals surface area contributed by atoms with Crippen molar-refractivity contribution in [2.45, 2.75) is 19.3 Å². The quantitative estimate of drug-likeness (QED) is 0.363. The molecule has 8 heteroatoms. The van der Waals surface area contributed by atoms with Crippen molar-refractivity contribution in [2.75, 3.05) is 0 Å². The zero-order valence-electron chi connectivity index (χ0n) is 12.7. The van der Waals surface area contributed by atoms with E-state index in [1.165, 1.54) is 30.3 Å². The average molecular weight is 406 g/mol. The van der Waals surface area contributed by atoms with Gasteiger partial charge >= 0.3 is 11.9 Å². The van der Waals surface area contributed by atoms with Crippen LogP contribution in [0.3, 0.4) is 0 Å². The predicted molar refractivity (Wildman–Crippen MR) is 93.0 cm³/mol. The van der Waals surface area contributed by atoms with Crippen molar-refractivity contribution in [3.63, 3.8) is 0 Å². The van der Waals surface area contributed by atoms with Crippen molar-refractivity contribution >= 4 is 46.7 Å². The van der Waals surface area contributed by atoms with Crippen LogP contribution in [0, 0.1) is 5.82 Å². The van der Waals surface area contributed by atoms with Crippen LogP contribution < -0.4 is 9.47 Å². The van der Waals surface area contributed by atoms with Gasteiger partial charge in [-0.15, -0.1) is 0 Å². The van der Waals surface area contributed by atoms with E-state index < -0.39 is 17.8 Å². The summed E-state index contributed by atoms with van der Waals surface area (Å²) in [6, 6.07) is 8.24. The minimum absolute atomic E-state index is 0.0526. The van der Waals surface area contributed by atoms with Gasteiger partial charge in [-0.2, -0.15) is 0 Å². The van der Waals surface area contributed by atoms with Crippen LogP contribution in [0.1, 0.15) is 19.3 Å². The second kappa shape index (κ2) is 9.04. The molecule has 0 unspecified atom stereocenters. The number of carbonyl (C=O) groups is 2. The number of hydrogen-bond donors (Lipinski definition) is 0. The largest absolute Gasteiger partial charge is 0.425 e. The number of hydrogen-bond acceptors (Lipinski definition) is 4. The summed E-state index contributed by atoms with van der Waals surface area (Å²) in [6.07, 6.45) is 0.0482. The normalized spacial score (nSPS) is 10.4. The molecule has 2 aromatic carbocycles. The molecule has 0 radical (unpaired) electrons. The molecule has 0 aliphatic rings. The molecule has 4 nitrogen and oxygen atoms in total. The van der Waals surface area contributed by atoms with Gasteiger partial charge < -0.3 is 9.47 Å². The molecular formula is C17H12Cl3FO4. The second-order valence-electron chi connectivity index (χ2n) is 4.93. The first-order valence-electron chi connectivity index (χ1n) is 7.17. The van der Waals surface area contributed by atoms with Gasteiger partial charge in [0.25, 0.3) is 0 Å². The zero-order chi connectivity index (χ0) is 18.4. The lowest BCUT2D eigenvalue weighted by atomic mass is 10.2. The minimum atomic E-state index is -0.648. The van der Waals surface area contributed by atoms with Gasteiger partial charge in [-0.25, -0.2) is 4.39 Å². The molecule has 0 heterocycles. The Labute approximate surface area is 158 Å². The first kappa shape index (κ1) is 19.5. The maximum absolute atomic E-state index is 13.4. The average Bonchev–Trinajstić information content (AvgIpc) is 2.55. The molecule has 0 bridgehead atoms. The highest BCUT2D eigenvalue weighted by molar-refractivity contribution is 6.43. The molecule has 0 aromatic heterocycles. The summed E-state index contributed by atoms with van der Waals surface area (Å²) >= 11 is 17.5. The first-order chi connectivity index (χ1) is 11.9. The number of benzene rings is 2. The Hall–Kier alpha value is -1.82. The van der Waals surface area contributed by atoms with E-state index in [0.717, 1.165) is 0 Å². The van der Waals surface area contributed by atoms with Gasteiger partial charge in [-0.3, -0.25) is 9.59 Å². The number of carbonyl (C=O) groups excluding carboxylic acids is 2. The van der Waals surface area contributed by atoms with E-state index >= 15 is 0 Å². The van der Waals surface area contributed by atoms with Gasteiger partial charge in [0, 0.05) is 18.9 Å². The van der Waals surface area contributed by atoms with Crippen LogP contribution in [0.2, 0.25) is 15.1 Å². The van der Waals surface area contributed by atoms with Gasteiger partial charge in [0.15, 0.2) is 17.3 Å². The van der Waals surface area contributed by atoms with Crippen molar-refractivity contribution in [3.05, 3.63) is 57.3 Å². The van der Waals surface area contributed by atoms with Gasteiger partial charge in [-0.05, 0) is 24.6 Å². The highest BCUT2D eigenvalue weighted by atomic mass is 35.5. The van der Waals surface area contributed by atoms with E-state index in [9.17, 15) is 14.0 Å². The third-order valence-corrected chi connectivity index (χ3v) is 4.04. The third-order valence-electron chi connectivity index (χ3n) is 3.02. The fraction of sp³-hybridized carbons (Fsp3) is 0.176. The van der Waals surface area contributed by atoms with Crippen molar-refractivity contribution in [3.8, 4) is 11.5 Å². The standard InChI is InChI=1S/C17H12Cl3FO4/c18-10-8-12(20)15(9-11(10)19)25-17(23)7-3-6-16(22)24-14-5-2-1-4-13(14)21/h1-2,4-5,8-9H,3,6-7H2. The van der Waals surface area contributed by atoms with Gasteiger partial charge in [0.1, 0.15) is 0 Å². The van der Waals surface area contributed by atoms with E-state index in [4.69, 9.17) is 44.3 Å². The van der Waals surface area contributed by atoms with Gasteiger partial charge in [0.2, 0.25) is 0 Å². The van der Waals surface area contributed by atoms with E-state index in [-0.39, 0.29) is 45.8 Å². The molecule has 0 aliphatic heterocycles. The third kappa shape index (κ3) is 5.88. The Morgan fingerprint density at radius 3 is 2.04 bits per heavy atom. The monoisotopic (exact) mass is 404 g/mol. The number of esters is 2. The fourth-order valence-electron chi connectivity index (χ4n) is 1.83. The Morgan fingerprint density at radius 2 is 1.40 bits per heavy atom. The van der Waals surface area contributed by atoms with Crippen LogP contribution in [0.25, 0.3) is 0 Å². The topological polar surface area (TPSA) is 52.6 Å². The van der Waals surface area contributed by atoms with Gasteiger partial charge in [-0.1, -0.05) is 46.9 Å². The molecule has 0 atom stereocenters. The smallest absolute Gasteiger partial charge is 0.311 e. The Balaban J connectivity index is 1.80. The van der Waals surface area contributed by atoms with Crippen LogP contribution in [-0.4, -0.2) is 11.9 Å². The van der Waals surface area contributed by atoms with Crippen LogP contribution >= 0.6 is 34.8 Å². The SMILES string of the molecule is O=C(CCCC(=O)Oc1cc(Cl)c(Cl)cc1Cl)Oc1ccccc1F. The number of ether oxygens (including phenoxy) is 2. The van der Waals surface area contributed by atoms with E-state index in [1.54, 1.807) is 6.07 Å². The van der Waals surface area contributed by atoms with Crippen molar-refractivity contribution < 1.29 is 23.5 Å². The zero-order valence-corrected chi connectivity index (χ0v) is 15.0. The minimum Gasteiger partial charge on any atom is -0.425 e. The Morgan fingerprint density at radius 1 is 0.840 bits per heavy atom. The molecule has 2 aromatic rings. The summed E-state index contributed by atoms with van der Waals surface area (Å²) in [5, 5.41) is 0.575. The molecule has 25 heavy (non-hydrogen) atoms. The molecule has 0 fully saturated rings. The molecular weight excluding hydrogens is 394 g/mol. The predicted octanol–water partition coefficient (Wildman–Crippen LogP) is 5.47. The van der Waals surface area contributed by atoms with Crippen molar-refractivity contribution in [1.82, 2.24) is 0 Å². The number of para-hydroxylation sites is 1. The second-order valence-corrected chi connectivity index (χ2v) is 6.15. The lowest BCUT2D eigenvalue weighted by Gasteiger charge is -2.08. The molecule has 132 valence electrons. The van der Waals surface area contributed by atoms with E-state index in [0.29, 0.717) is 0 Å². The van der Waals surface area contributed by atoms with Crippen LogP contribution in [0.4, 0.5) is 4.39 Å². The summed E-state index contributed by atoms with van der Waals surface area (Å²) in [5.74, 6) is -1.96. The molecule has 0 saturated carbocycles. The van der Waals surface area contributed by atoms with Crippen LogP contribution in [-0.2, 0) is 9.59 Å². The summed E-state index contributed by atoms with van der Waals surface area (Å²) in [6.45, 7) is 0. The van der Waals surface area contributed by atoms with Crippen LogP contribution in [0.15, 0.2) is 36.4 Å². The molecule has 0 aliphatic carbocycles. The molecule has 0 N–H and O–H groups in total.